The van der Waals surface area contributed by atoms with E-state index < -0.39 is 0 Å². The van der Waals surface area contributed by atoms with Gasteiger partial charge in [0.1, 0.15) is 11.5 Å². The molecule has 0 amide bonds. The van der Waals surface area contributed by atoms with Gasteiger partial charge in [-0.1, -0.05) is 19.1 Å². The fraction of sp³-hybridized carbons (Fsp3) is 0.688. The smallest absolute Gasteiger partial charge is 0.105 e. The molecule has 7 heteroatoms. The highest BCUT2D eigenvalue weighted by Crippen LogP contribution is 2.10. The number of ether oxygens (including phenoxy) is 1. The fourth-order valence-corrected chi connectivity index (χ4v) is 3.03. The fourth-order valence-electron chi connectivity index (χ4n) is 3.03. The summed E-state index contributed by atoms with van der Waals surface area (Å²) in [6.45, 7) is 11.9. The predicted molar refractivity (Wildman–Crippen MR) is 87.1 cm³/mol. The van der Waals surface area contributed by atoms with Gasteiger partial charge in [-0.2, -0.15) is 0 Å². The molecule has 2 aromatic heterocycles. The van der Waals surface area contributed by atoms with Gasteiger partial charge in [0.2, 0.25) is 0 Å². The minimum absolute atomic E-state index is 0.187. The number of nitrogens with zero attached hydrogens (tertiary/aromatic N) is 6. The van der Waals surface area contributed by atoms with Crippen molar-refractivity contribution in [3.05, 3.63) is 30.1 Å². The Kier molecular flexibility index (Phi) is 5.07. The van der Waals surface area contributed by atoms with E-state index in [0.717, 1.165) is 44.3 Å². The summed E-state index contributed by atoms with van der Waals surface area (Å²) in [5.74, 6) is 1.67. The van der Waals surface area contributed by atoms with Crippen LogP contribution < -0.4 is 0 Å². The van der Waals surface area contributed by atoms with Crippen LogP contribution in [0.15, 0.2) is 18.6 Å². The zero-order valence-corrected chi connectivity index (χ0v) is 14.2. The quantitative estimate of drug-likeness (QED) is 0.800. The summed E-state index contributed by atoms with van der Waals surface area (Å²) in [5, 5.41) is 8.50. The van der Waals surface area contributed by atoms with Crippen LogP contribution in [-0.2, 0) is 17.8 Å². The lowest BCUT2D eigenvalue weighted by atomic mass is 10.2. The summed E-state index contributed by atoms with van der Waals surface area (Å²) in [6.07, 6.45) is 5.96. The van der Waals surface area contributed by atoms with Crippen molar-refractivity contribution in [1.82, 2.24) is 29.4 Å². The summed E-state index contributed by atoms with van der Waals surface area (Å²) in [5.41, 5.74) is 0.945. The minimum Gasteiger partial charge on any atom is -0.374 e. The van der Waals surface area contributed by atoms with Crippen molar-refractivity contribution in [2.24, 2.45) is 5.92 Å². The Bertz CT molecular complexity index is 620. The molecule has 3 heterocycles. The van der Waals surface area contributed by atoms with Gasteiger partial charge in [-0.15, -0.1) is 5.10 Å². The lowest BCUT2D eigenvalue weighted by Crippen LogP contribution is -2.45. The maximum atomic E-state index is 5.88. The number of imidazole rings is 1. The van der Waals surface area contributed by atoms with E-state index in [9.17, 15) is 0 Å². The van der Waals surface area contributed by atoms with Crippen LogP contribution >= 0.6 is 0 Å². The molecular weight excluding hydrogens is 292 g/mol. The predicted octanol–water partition coefficient (Wildman–Crippen LogP) is 1.19. The first-order valence-corrected chi connectivity index (χ1v) is 8.31. The lowest BCUT2D eigenvalue weighted by Gasteiger charge is -2.33. The Balaban J connectivity index is 1.55. The lowest BCUT2D eigenvalue weighted by molar-refractivity contribution is -0.0406. The zero-order chi connectivity index (χ0) is 16.2. The molecule has 0 saturated carbocycles. The Morgan fingerprint density at radius 2 is 2.26 bits per heavy atom. The molecule has 1 fully saturated rings. The standard InChI is InChI=1S/C16H26N6O/c1-13(2)8-20-6-7-23-16(11-20)12-22-10-15(18-19-22)9-21-5-4-17-14(21)3/h4-5,10,13,16H,6-9,11-12H2,1-3H3. The second kappa shape index (κ2) is 7.23. The minimum atomic E-state index is 0.187. The van der Waals surface area contributed by atoms with E-state index in [-0.39, 0.29) is 6.10 Å². The average Bonchev–Trinajstić information content (AvgIpc) is 3.09. The van der Waals surface area contributed by atoms with Crippen LogP contribution in [-0.4, -0.2) is 61.8 Å². The van der Waals surface area contributed by atoms with E-state index >= 15 is 0 Å². The van der Waals surface area contributed by atoms with Crippen LogP contribution in [0.1, 0.15) is 25.4 Å². The molecule has 3 rings (SSSR count). The molecule has 0 spiro atoms. The van der Waals surface area contributed by atoms with Crippen molar-refractivity contribution in [2.75, 3.05) is 26.2 Å². The Hall–Kier alpha value is -1.73. The van der Waals surface area contributed by atoms with E-state index in [2.05, 4.69) is 38.6 Å². The zero-order valence-electron chi connectivity index (χ0n) is 14.2. The third-order valence-electron chi connectivity index (χ3n) is 4.08. The van der Waals surface area contributed by atoms with E-state index in [1.165, 1.54) is 0 Å². The highest BCUT2D eigenvalue weighted by molar-refractivity contribution is 4.98. The van der Waals surface area contributed by atoms with Crippen molar-refractivity contribution < 1.29 is 4.74 Å². The van der Waals surface area contributed by atoms with E-state index in [0.29, 0.717) is 12.5 Å². The Labute approximate surface area is 137 Å². The number of rotatable bonds is 6. The Morgan fingerprint density at radius 1 is 1.39 bits per heavy atom. The van der Waals surface area contributed by atoms with Crippen LogP contribution in [0.2, 0.25) is 0 Å². The first-order chi connectivity index (χ1) is 11.1. The van der Waals surface area contributed by atoms with Crippen molar-refractivity contribution in [3.63, 3.8) is 0 Å². The normalized spacial score (nSPS) is 19.6. The average molecular weight is 318 g/mol. The third kappa shape index (κ3) is 4.39. The number of aromatic nitrogens is 5. The second-order valence-electron chi connectivity index (χ2n) is 6.68. The molecule has 1 saturated heterocycles. The summed E-state index contributed by atoms with van der Waals surface area (Å²) in [4.78, 5) is 6.71. The molecule has 0 bridgehead atoms. The molecule has 0 aliphatic carbocycles. The molecule has 7 nitrogen and oxygen atoms in total. The van der Waals surface area contributed by atoms with E-state index in [1.54, 1.807) is 6.20 Å². The van der Waals surface area contributed by atoms with Crippen LogP contribution in [0.3, 0.4) is 0 Å². The summed E-state index contributed by atoms with van der Waals surface area (Å²) < 4.78 is 9.84. The first kappa shape index (κ1) is 16.1. The van der Waals surface area contributed by atoms with Crippen LogP contribution in [0.4, 0.5) is 0 Å². The molecule has 1 atom stereocenters. The molecule has 1 aliphatic rings. The van der Waals surface area contributed by atoms with Gasteiger partial charge in [-0.3, -0.25) is 4.90 Å². The molecule has 0 radical (unpaired) electrons. The molecular formula is C16H26N6O. The topological polar surface area (TPSA) is 61.0 Å². The highest BCUT2D eigenvalue weighted by atomic mass is 16.5. The molecule has 1 aliphatic heterocycles. The summed E-state index contributed by atoms with van der Waals surface area (Å²) in [7, 11) is 0. The van der Waals surface area contributed by atoms with Crippen molar-refractivity contribution >= 4 is 0 Å². The van der Waals surface area contributed by atoms with E-state index in [4.69, 9.17) is 4.74 Å². The highest BCUT2D eigenvalue weighted by Gasteiger charge is 2.21. The third-order valence-corrected chi connectivity index (χ3v) is 4.08. The second-order valence-corrected chi connectivity index (χ2v) is 6.68. The van der Waals surface area contributed by atoms with Crippen molar-refractivity contribution in [1.29, 1.82) is 0 Å². The van der Waals surface area contributed by atoms with Crippen LogP contribution in [0.25, 0.3) is 0 Å². The van der Waals surface area contributed by atoms with Crippen LogP contribution in [0, 0.1) is 12.8 Å². The molecule has 23 heavy (non-hydrogen) atoms. The molecule has 0 N–H and O–H groups in total. The summed E-state index contributed by atoms with van der Waals surface area (Å²) >= 11 is 0. The number of hydrogen-bond donors (Lipinski definition) is 0. The van der Waals surface area contributed by atoms with Crippen molar-refractivity contribution in [3.8, 4) is 0 Å². The van der Waals surface area contributed by atoms with Gasteiger partial charge in [0.25, 0.3) is 0 Å². The van der Waals surface area contributed by atoms with Crippen molar-refractivity contribution in [2.45, 2.75) is 40.0 Å². The molecule has 1 unspecified atom stereocenters. The van der Waals surface area contributed by atoms with Gasteiger partial charge in [-0.25, -0.2) is 9.67 Å². The summed E-state index contributed by atoms with van der Waals surface area (Å²) in [6, 6.07) is 0. The number of morpholine rings is 1. The molecule has 2 aromatic rings. The van der Waals surface area contributed by atoms with Gasteiger partial charge in [0.05, 0.1) is 32.0 Å². The Morgan fingerprint density at radius 3 is 3.00 bits per heavy atom. The number of aryl methyl sites for hydroxylation is 1. The maximum Gasteiger partial charge on any atom is 0.105 e. The van der Waals surface area contributed by atoms with Gasteiger partial charge in [0.15, 0.2) is 0 Å². The number of hydrogen-bond acceptors (Lipinski definition) is 5. The van der Waals surface area contributed by atoms with Gasteiger partial charge >= 0.3 is 0 Å². The maximum absolute atomic E-state index is 5.88. The monoisotopic (exact) mass is 318 g/mol. The largest absolute Gasteiger partial charge is 0.374 e. The van der Waals surface area contributed by atoms with Gasteiger partial charge < -0.3 is 9.30 Å². The first-order valence-electron chi connectivity index (χ1n) is 8.31. The SMILES string of the molecule is Cc1nccn1Cc1cn(CC2CN(CC(C)C)CCO2)nn1. The van der Waals surface area contributed by atoms with Gasteiger partial charge in [-0.05, 0) is 12.8 Å². The molecule has 126 valence electrons. The van der Waals surface area contributed by atoms with E-state index in [1.807, 2.05) is 24.0 Å². The van der Waals surface area contributed by atoms with Gasteiger partial charge in [0, 0.05) is 32.0 Å². The molecule has 0 aromatic carbocycles. The van der Waals surface area contributed by atoms with Crippen LogP contribution in [0.5, 0.6) is 0 Å².